The van der Waals surface area contributed by atoms with Crippen molar-refractivity contribution in [3.63, 3.8) is 0 Å². The predicted octanol–water partition coefficient (Wildman–Crippen LogP) is 6.01. The van der Waals surface area contributed by atoms with Crippen molar-refractivity contribution in [3.05, 3.63) is 82.6 Å². The van der Waals surface area contributed by atoms with Gasteiger partial charge in [-0.2, -0.15) is 0 Å². The molecule has 26 heavy (non-hydrogen) atoms. The zero-order valence-electron chi connectivity index (χ0n) is 13.4. The van der Waals surface area contributed by atoms with Gasteiger partial charge in [0.05, 0.1) is 10.2 Å². The van der Waals surface area contributed by atoms with Crippen LogP contribution in [0.5, 0.6) is 0 Å². The van der Waals surface area contributed by atoms with Gasteiger partial charge in [0, 0.05) is 11.3 Å². The van der Waals surface area contributed by atoms with Crippen molar-refractivity contribution in [3.8, 4) is 11.1 Å². The molecule has 0 fully saturated rings. The lowest BCUT2D eigenvalue weighted by Crippen LogP contribution is -2.11. The molecular weight excluding hydrogens is 371 g/mol. The van der Waals surface area contributed by atoms with Gasteiger partial charge in [0.15, 0.2) is 4.47 Å². The number of hydrogen-bond donors (Lipinski definition) is 1. The number of rotatable bonds is 3. The van der Waals surface area contributed by atoms with E-state index in [0.717, 1.165) is 21.3 Å². The van der Waals surface area contributed by atoms with Crippen LogP contribution in [0.3, 0.4) is 0 Å². The Balaban J connectivity index is 1.52. The third-order valence-corrected chi connectivity index (χ3v) is 5.07. The van der Waals surface area contributed by atoms with Crippen molar-refractivity contribution < 1.29 is 9.18 Å². The topological polar surface area (TPSA) is 42.0 Å². The van der Waals surface area contributed by atoms with Gasteiger partial charge in [-0.15, -0.1) is 11.3 Å². The van der Waals surface area contributed by atoms with E-state index in [1.165, 1.54) is 23.5 Å². The van der Waals surface area contributed by atoms with E-state index in [1.54, 1.807) is 30.3 Å². The zero-order chi connectivity index (χ0) is 18.1. The number of nitrogens with one attached hydrogen (secondary N) is 1. The summed E-state index contributed by atoms with van der Waals surface area (Å²) in [7, 11) is 0. The fraction of sp³-hybridized carbons (Fsp3) is 0. The van der Waals surface area contributed by atoms with Crippen LogP contribution in [0.4, 0.5) is 10.1 Å². The number of carbonyl (C=O) groups is 1. The molecule has 3 nitrogen and oxygen atoms in total. The van der Waals surface area contributed by atoms with Gasteiger partial charge in [-0.25, -0.2) is 9.37 Å². The molecule has 1 aromatic heterocycles. The minimum atomic E-state index is -0.274. The highest BCUT2D eigenvalue weighted by atomic mass is 35.5. The average Bonchev–Trinajstić information content (AvgIpc) is 3.02. The first-order valence-electron chi connectivity index (χ1n) is 7.82. The predicted molar refractivity (Wildman–Crippen MR) is 104 cm³/mol. The highest BCUT2D eigenvalue weighted by molar-refractivity contribution is 7.22. The largest absolute Gasteiger partial charge is 0.322 e. The number of thiazole rings is 1. The Labute approximate surface area is 158 Å². The van der Waals surface area contributed by atoms with Gasteiger partial charge in [0.1, 0.15) is 5.82 Å². The summed E-state index contributed by atoms with van der Waals surface area (Å²) in [6, 6.07) is 18.9. The molecule has 0 aliphatic rings. The molecule has 0 unspecified atom stereocenters. The highest BCUT2D eigenvalue weighted by Crippen LogP contribution is 2.28. The minimum absolute atomic E-state index is 0.203. The first-order chi connectivity index (χ1) is 12.6. The number of amides is 1. The van der Waals surface area contributed by atoms with Crippen LogP contribution in [0, 0.1) is 5.82 Å². The Morgan fingerprint density at radius 3 is 2.31 bits per heavy atom. The van der Waals surface area contributed by atoms with Crippen LogP contribution in [-0.4, -0.2) is 10.9 Å². The van der Waals surface area contributed by atoms with Crippen molar-refractivity contribution in [1.29, 1.82) is 0 Å². The summed E-state index contributed by atoms with van der Waals surface area (Å²) in [5.74, 6) is -0.477. The Morgan fingerprint density at radius 2 is 1.62 bits per heavy atom. The van der Waals surface area contributed by atoms with E-state index in [1.807, 2.05) is 24.3 Å². The zero-order valence-corrected chi connectivity index (χ0v) is 14.9. The number of aromatic nitrogens is 1. The van der Waals surface area contributed by atoms with Crippen LogP contribution in [0.1, 0.15) is 10.4 Å². The SMILES string of the molecule is O=C(Nc1ccc2nc(Cl)sc2c1)c1ccc(-c2ccc(F)cc2)cc1. The molecule has 0 saturated carbocycles. The van der Waals surface area contributed by atoms with Gasteiger partial charge >= 0.3 is 0 Å². The second-order valence-electron chi connectivity index (χ2n) is 5.69. The molecule has 0 aliphatic heterocycles. The van der Waals surface area contributed by atoms with Gasteiger partial charge in [0.2, 0.25) is 0 Å². The lowest BCUT2D eigenvalue weighted by atomic mass is 10.0. The number of halogens is 2. The Kier molecular flexibility index (Phi) is 4.41. The number of carbonyl (C=O) groups excluding carboxylic acids is 1. The van der Waals surface area contributed by atoms with E-state index in [9.17, 15) is 9.18 Å². The summed E-state index contributed by atoms with van der Waals surface area (Å²) in [6.45, 7) is 0. The van der Waals surface area contributed by atoms with E-state index in [-0.39, 0.29) is 11.7 Å². The monoisotopic (exact) mass is 382 g/mol. The molecule has 1 N–H and O–H groups in total. The van der Waals surface area contributed by atoms with Crippen molar-refractivity contribution in [2.24, 2.45) is 0 Å². The van der Waals surface area contributed by atoms with Gasteiger partial charge in [-0.1, -0.05) is 35.9 Å². The number of fused-ring (bicyclic) bond motifs is 1. The molecule has 0 aliphatic carbocycles. The van der Waals surface area contributed by atoms with E-state index in [2.05, 4.69) is 10.3 Å². The van der Waals surface area contributed by atoms with Gasteiger partial charge < -0.3 is 5.32 Å². The van der Waals surface area contributed by atoms with Crippen molar-refractivity contribution in [2.45, 2.75) is 0 Å². The lowest BCUT2D eigenvalue weighted by Gasteiger charge is -2.07. The summed E-state index contributed by atoms with van der Waals surface area (Å²) in [5.41, 5.74) is 3.85. The van der Waals surface area contributed by atoms with E-state index >= 15 is 0 Å². The second-order valence-corrected chi connectivity index (χ2v) is 7.30. The minimum Gasteiger partial charge on any atom is -0.322 e. The van der Waals surface area contributed by atoms with Crippen LogP contribution in [0.2, 0.25) is 4.47 Å². The summed E-state index contributed by atoms with van der Waals surface area (Å²) in [6.07, 6.45) is 0. The number of hydrogen-bond acceptors (Lipinski definition) is 3. The smallest absolute Gasteiger partial charge is 0.255 e. The molecule has 1 heterocycles. The molecule has 1 amide bonds. The molecular formula is C20H12ClFN2OS. The molecule has 4 rings (SSSR count). The molecule has 128 valence electrons. The van der Waals surface area contributed by atoms with Crippen LogP contribution in [-0.2, 0) is 0 Å². The Morgan fingerprint density at radius 1 is 0.962 bits per heavy atom. The molecule has 0 atom stereocenters. The van der Waals surface area contributed by atoms with Gasteiger partial charge in [-0.3, -0.25) is 4.79 Å². The Hall–Kier alpha value is -2.76. The molecule has 0 spiro atoms. The number of nitrogens with zero attached hydrogens (tertiary/aromatic N) is 1. The first kappa shape index (κ1) is 16.7. The fourth-order valence-corrected chi connectivity index (χ4v) is 3.70. The second kappa shape index (κ2) is 6.86. The fourth-order valence-electron chi connectivity index (χ4n) is 2.63. The normalized spacial score (nSPS) is 10.8. The molecule has 0 bridgehead atoms. The lowest BCUT2D eigenvalue weighted by molar-refractivity contribution is 0.102. The van der Waals surface area contributed by atoms with Crippen molar-refractivity contribution >= 4 is 44.7 Å². The number of benzene rings is 3. The maximum atomic E-state index is 13.0. The molecule has 0 radical (unpaired) electrons. The molecule has 3 aromatic carbocycles. The molecule has 0 saturated heterocycles. The quantitative estimate of drug-likeness (QED) is 0.471. The van der Waals surface area contributed by atoms with Crippen LogP contribution in [0.15, 0.2) is 66.7 Å². The summed E-state index contributed by atoms with van der Waals surface area (Å²) >= 11 is 7.28. The number of anilines is 1. The van der Waals surface area contributed by atoms with E-state index < -0.39 is 0 Å². The summed E-state index contributed by atoms with van der Waals surface area (Å²) < 4.78 is 14.4. The summed E-state index contributed by atoms with van der Waals surface area (Å²) in [4.78, 5) is 16.6. The van der Waals surface area contributed by atoms with Crippen molar-refractivity contribution in [2.75, 3.05) is 5.32 Å². The standard InChI is InChI=1S/C20H12ClFN2OS/c21-20-24-17-10-9-16(11-18(17)26-20)23-19(25)14-3-1-12(2-4-14)13-5-7-15(22)8-6-13/h1-11H,(H,23,25). The van der Waals surface area contributed by atoms with Gasteiger partial charge in [0.25, 0.3) is 5.91 Å². The molecule has 4 aromatic rings. The Bertz CT molecular complexity index is 1090. The first-order valence-corrected chi connectivity index (χ1v) is 9.01. The van der Waals surface area contributed by atoms with Gasteiger partial charge in [-0.05, 0) is 53.6 Å². The van der Waals surface area contributed by atoms with Crippen LogP contribution < -0.4 is 5.32 Å². The van der Waals surface area contributed by atoms with Crippen LogP contribution in [0.25, 0.3) is 21.3 Å². The maximum Gasteiger partial charge on any atom is 0.255 e. The third-order valence-electron chi connectivity index (χ3n) is 3.94. The molecule has 6 heteroatoms. The van der Waals surface area contributed by atoms with E-state index in [0.29, 0.717) is 15.7 Å². The third kappa shape index (κ3) is 3.45. The van der Waals surface area contributed by atoms with Crippen molar-refractivity contribution in [1.82, 2.24) is 4.98 Å². The average molecular weight is 383 g/mol. The highest BCUT2D eigenvalue weighted by Gasteiger charge is 2.09. The summed E-state index contributed by atoms with van der Waals surface area (Å²) in [5, 5.41) is 2.87. The van der Waals surface area contributed by atoms with Crippen LogP contribution >= 0.6 is 22.9 Å². The maximum absolute atomic E-state index is 13.0. The van der Waals surface area contributed by atoms with E-state index in [4.69, 9.17) is 11.6 Å².